The van der Waals surface area contributed by atoms with Crippen LogP contribution in [0.2, 0.25) is 0 Å². The molecule has 148 valence electrons. The van der Waals surface area contributed by atoms with Crippen LogP contribution in [-0.2, 0) is 20.9 Å². The zero-order valence-electron chi connectivity index (χ0n) is 15.8. The summed E-state index contributed by atoms with van der Waals surface area (Å²) in [6.07, 6.45) is 1.52. The second-order valence-corrected chi connectivity index (χ2v) is 6.89. The van der Waals surface area contributed by atoms with E-state index in [4.69, 9.17) is 4.74 Å². The zero-order chi connectivity index (χ0) is 20.2. The Hall–Kier alpha value is -3.45. The summed E-state index contributed by atoms with van der Waals surface area (Å²) in [7, 11) is 0. The van der Waals surface area contributed by atoms with Crippen LogP contribution in [0.15, 0.2) is 60.2 Å². The summed E-state index contributed by atoms with van der Waals surface area (Å²) in [5, 5.41) is 2.25. The van der Waals surface area contributed by atoms with Gasteiger partial charge in [0.15, 0.2) is 0 Å². The Labute approximate surface area is 168 Å². The zero-order valence-corrected chi connectivity index (χ0v) is 15.8. The highest BCUT2D eigenvalue weighted by Crippen LogP contribution is 2.20. The van der Waals surface area contributed by atoms with Gasteiger partial charge in [-0.3, -0.25) is 19.8 Å². The highest BCUT2D eigenvalue weighted by atomic mass is 16.5. The maximum atomic E-state index is 12.8. The number of rotatable bonds is 4. The van der Waals surface area contributed by atoms with Crippen molar-refractivity contribution in [2.24, 2.45) is 0 Å². The van der Waals surface area contributed by atoms with Gasteiger partial charge in [0.25, 0.3) is 11.8 Å². The molecule has 29 heavy (non-hydrogen) atoms. The van der Waals surface area contributed by atoms with Crippen LogP contribution in [0, 0.1) is 0 Å². The summed E-state index contributed by atoms with van der Waals surface area (Å²) in [5.74, 6) is -1.28. The van der Waals surface area contributed by atoms with Gasteiger partial charge in [-0.05, 0) is 29.3 Å². The predicted molar refractivity (Wildman–Crippen MR) is 108 cm³/mol. The van der Waals surface area contributed by atoms with Crippen molar-refractivity contribution in [2.45, 2.75) is 6.54 Å². The van der Waals surface area contributed by atoms with E-state index in [1.807, 2.05) is 54.6 Å². The van der Waals surface area contributed by atoms with Crippen molar-refractivity contribution >= 4 is 29.6 Å². The van der Waals surface area contributed by atoms with Crippen molar-refractivity contribution in [3.05, 3.63) is 71.3 Å². The number of hydrogen-bond acceptors (Lipinski definition) is 5. The number of imide groups is 2. The van der Waals surface area contributed by atoms with E-state index in [9.17, 15) is 14.4 Å². The number of anilines is 1. The fraction of sp³-hybridized carbons (Fsp3) is 0.227. The van der Waals surface area contributed by atoms with Gasteiger partial charge in [-0.2, -0.15) is 0 Å². The first-order chi connectivity index (χ1) is 14.1. The van der Waals surface area contributed by atoms with Gasteiger partial charge in [-0.25, -0.2) is 4.79 Å². The minimum atomic E-state index is -0.705. The Morgan fingerprint density at radius 2 is 1.62 bits per heavy atom. The monoisotopic (exact) mass is 391 g/mol. The first kappa shape index (κ1) is 18.9. The minimum Gasteiger partial charge on any atom is -0.378 e. The molecule has 7 nitrogen and oxygen atoms in total. The smallest absolute Gasteiger partial charge is 0.331 e. The van der Waals surface area contributed by atoms with Crippen LogP contribution in [0.5, 0.6) is 0 Å². The highest BCUT2D eigenvalue weighted by molar-refractivity contribution is 6.30. The molecule has 2 fully saturated rings. The van der Waals surface area contributed by atoms with Gasteiger partial charge in [-0.1, -0.05) is 42.5 Å². The summed E-state index contributed by atoms with van der Waals surface area (Å²) in [6, 6.07) is 16.1. The molecule has 0 bridgehead atoms. The molecule has 4 rings (SSSR count). The second-order valence-electron chi connectivity index (χ2n) is 6.89. The molecule has 1 N–H and O–H groups in total. The average Bonchev–Trinajstić information content (AvgIpc) is 2.76. The molecule has 0 saturated carbocycles. The van der Waals surface area contributed by atoms with E-state index >= 15 is 0 Å². The number of benzene rings is 2. The lowest BCUT2D eigenvalue weighted by atomic mass is 10.1. The highest BCUT2D eigenvalue weighted by Gasteiger charge is 2.35. The van der Waals surface area contributed by atoms with E-state index in [-0.39, 0.29) is 12.1 Å². The van der Waals surface area contributed by atoms with Crippen LogP contribution >= 0.6 is 0 Å². The predicted octanol–water partition coefficient (Wildman–Crippen LogP) is 2.19. The van der Waals surface area contributed by atoms with E-state index in [0.717, 1.165) is 34.8 Å². The fourth-order valence-corrected chi connectivity index (χ4v) is 3.37. The maximum Gasteiger partial charge on any atom is 0.331 e. The van der Waals surface area contributed by atoms with Gasteiger partial charge in [0.1, 0.15) is 5.57 Å². The van der Waals surface area contributed by atoms with Crippen LogP contribution in [0.3, 0.4) is 0 Å². The minimum absolute atomic E-state index is 0.0559. The Morgan fingerprint density at radius 3 is 2.31 bits per heavy atom. The molecule has 2 heterocycles. The molecule has 2 aliphatic heterocycles. The molecule has 2 aromatic carbocycles. The first-order valence-corrected chi connectivity index (χ1v) is 9.47. The number of carbonyl (C=O) groups excluding carboxylic acids is 3. The van der Waals surface area contributed by atoms with Gasteiger partial charge in [-0.15, -0.1) is 0 Å². The topological polar surface area (TPSA) is 79.0 Å². The number of barbiturate groups is 1. The molecule has 2 aliphatic rings. The van der Waals surface area contributed by atoms with Crippen molar-refractivity contribution in [3.8, 4) is 0 Å². The van der Waals surface area contributed by atoms with E-state index in [2.05, 4.69) is 10.2 Å². The average molecular weight is 391 g/mol. The summed E-state index contributed by atoms with van der Waals surface area (Å²) in [4.78, 5) is 40.5. The van der Waals surface area contributed by atoms with Gasteiger partial charge >= 0.3 is 6.03 Å². The van der Waals surface area contributed by atoms with Crippen LogP contribution in [0.25, 0.3) is 6.08 Å². The second kappa shape index (κ2) is 8.28. The number of nitrogens with one attached hydrogen (secondary N) is 1. The standard InChI is InChI=1S/C22H21N3O4/c26-20-19(14-16-6-8-18(9-7-16)24-10-12-29-13-11-24)21(27)25(22(28)23-20)15-17-4-2-1-3-5-17/h1-9,14H,10-13,15H2,(H,23,26,28)/b19-14-. The maximum absolute atomic E-state index is 12.8. The summed E-state index contributed by atoms with van der Waals surface area (Å²) < 4.78 is 5.37. The van der Waals surface area contributed by atoms with Gasteiger partial charge in [0.05, 0.1) is 19.8 Å². The van der Waals surface area contributed by atoms with Crippen LogP contribution in [0.4, 0.5) is 10.5 Å². The third kappa shape index (κ3) is 4.20. The van der Waals surface area contributed by atoms with Gasteiger partial charge < -0.3 is 9.64 Å². The lowest BCUT2D eigenvalue weighted by molar-refractivity contribution is -0.130. The molecule has 7 heteroatoms. The number of urea groups is 1. The molecule has 2 aromatic rings. The molecule has 0 aromatic heterocycles. The fourth-order valence-electron chi connectivity index (χ4n) is 3.37. The molecule has 4 amide bonds. The van der Waals surface area contributed by atoms with E-state index in [1.54, 1.807) is 0 Å². The van der Waals surface area contributed by atoms with Gasteiger partial charge in [0.2, 0.25) is 0 Å². The molecule has 0 spiro atoms. The Kier molecular flexibility index (Phi) is 5.39. The van der Waals surface area contributed by atoms with Gasteiger partial charge in [0, 0.05) is 18.8 Å². The van der Waals surface area contributed by atoms with Crippen molar-refractivity contribution in [3.63, 3.8) is 0 Å². The molecular formula is C22H21N3O4. The lowest BCUT2D eigenvalue weighted by Gasteiger charge is -2.29. The first-order valence-electron chi connectivity index (χ1n) is 9.47. The molecule has 2 saturated heterocycles. The van der Waals surface area contributed by atoms with E-state index in [0.29, 0.717) is 13.2 Å². The Balaban J connectivity index is 1.54. The largest absolute Gasteiger partial charge is 0.378 e. The molecule has 0 unspecified atom stereocenters. The van der Waals surface area contributed by atoms with Crippen molar-refractivity contribution in [1.29, 1.82) is 0 Å². The molecular weight excluding hydrogens is 370 g/mol. The molecule has 0 atom stereocenters. The normalized spacial score (nSPS) is 18.9. The van der Waals surface area contributed by atoms with E-state index in [1.165, 1.54) is 6.08 Å². The van der Waals surface area contributed by atoms with Crippen molar-refractivity contribution in [1.82, 2.24) is 10.2 Å². The third-order valence-corrected chi connectivity index (χ3v) is 4.95. The van der Waals surface area contributed by atoms with Crippen molar-refractivity contribution < 1.29 is 19.1 Å². The summed E-state index contributed by atoms with van der Waals surface area (Å²) >= 11 is 0. The third-order valence-electron chi connectivity index (χ3n) is 4.95. The number of nitrogens with zero attached hydrogens (tertiary/aromatic N) is 2. The van der Waals surface area contributed by atoms with E-state index < -0.39 is 17.8 Å². The number of ether oxygens (including phenoxy) is 1. The summed E-state index contributed by atoms with van der Waals surface area (Å²) in [6.45, 7) is 3.17. The SMILES string of the molecule is O=C1NC(=O)N(Cc2ccccc2)C(=O)/C1=C\c1ccc(N2CCOCC2)cc1. The molecule has 0 aliphatic carbocycles. The Morgan fingerprint density at radius 1 is 0.931 bits per heavy atom. The van der Waals surface area contributed by atoms with Crippen LogP contribution in [0.1, 0.15) is 11.1 Å². The Bertz CT molecular complexity index is 948. The number of morpholine rings is 1. The lowest BCUT2D eigenvalue weighted by Crippen LogP contribution is -2.53. The summed E-state index contributed by atoms with van der Waals surface area (Å²) in [5.41, 5.74) is 2.53. The molecule has 0 radical (unpaired) electrons. The number of carbonyl (C=O) groups is 3. The van der Waals surface area contributed by atoms with Crippen molar-refractivity contribution in [2.75, 3.05) is 31.2 Å². The number of hydrogen-bond donors (Lipinski definition) is 1. The van der Waals surface area contributed by atoms with Crippen LogP contribution < -0.4 is 10.2 Å². The number of amides is 4. The van der Waals surface area contributed by atoms with Crippen LogP contribution in [-0.4, -0.2) is 49.0 Å². The quantitative estimate of drug-likeness (QED) is 0.639.